The number of carbonyl (C=O) groups is 1. The minimum absolute atomic E-state index is 0.0802. The molecule has 3 aromatic rings. The van der Waals surface area contributed by atoms with Crippen molar-refractivity contribution in [1.29, 1.82) is 0 Å². The SMILES string of the molecule is O=C(CNS(=O)(=O)c1cccc2nonc12)NCCc1ccccc1. The van der Waals surface area contributed by atoms with Gasteiger partial charge in [-0.15, -0.1) is 0 Å². The van der Waals surface area contributed by atoms with Crippen molar-refractivity contribution in [3.63, 3.8) is 0 Å². The van der Waals surface area contributed by atoms with E-state index in [1.165, 1.54) is 12.1 Å². The number of benzene rings is 2. The molecule has 1 aromatic heterocycles. The summed E-state index contributed by atoms with van der Waals surface area (Å²) in [5, 5.41) is 9.86. The molecule has 0 bridgehead atoms. The van der Waals surface area contributed by atoms with Crippen LogP contribution in [-0.2, 0) is 21.2 Å². The maximum atomic E-state index is 12.3. The first-order valence-electron chi connectivity index (χ1n) is 7.58. The van der Waals surface area contributed by atoms with Gasteiger partial charge < -0.3 is 5.32 Å². The third-order valence-corrected chi connectivity index (χ3v) is 4.97. The van der Waals surface area contributed by atoms with Crippen LogP contribution in [-0.4, -0.2) is 37.7 Å². The van der Waals surface area contributed by atoms with Crippen molar-refractivity contribution in [3.8, 4) is 0 Å². The molecule has 3 rings (SSSR count). The van der Waals surface area contributed by atoms with Gasteiger partial charge in [-0.05, 0) is 34.4 Å². The minimum atomic E-state index is -3.90. The highest BCUT2D eigenvalue weighted by Crippen LogP contribution is 2.19. The molecule has 0 aliphatic rings. The number of hydrogen-bond acceptors (Lipinski definition) is 6. The molecule has 0 fully saturated rings. The summed E-state index contributed by atoms with van der Waals surface area (Å²) in [4.78, 5) is 11.8. The molecule has 0 aliphatic carbocycles. The van der Waals surface area contributed by atoms with Crippen LogP contribution in [0.5, 0.6) is 0 Å². The van der Waals surface area contributed by atoms with Gasteiger partial charge >= 0.3 is 0 Å². The Labute approximate surface area is 144 Å². The molecule has 0 aliphatic heterocycles. The Morgan fingerprint density at radius 2 is 1.84 bits per heavy atom. The number of amides is 1. The summed E-state index contributed by atoms with van der Waals surface area (Å²) in [5.74, 6) is -0.412. The second-order valence-corrected chi connectivity index (χ2v) is 7.03. The fourth-order valence-electron chi connectivity index (χ4n) is 2.29. The zero-order valence-corrected chi connectivity index (χ0v) is 14.0. The Morgan fingerprint density at radius 3 is 2.64 bits per heavy atom. The van der Waals surface area contributed by atoms with Crippen molar-refractivity contribution in [1.82, 2.24) is 20.4 Å². The lowest BCUT2D eigenvalue weighted by molar-refractivity contribution is -0.119. The molecule has 2 N–H and O–H groups in total. The normalized spacial score (nSPS) is 11.5. The number of rotatable bonds is 7. The van der Waals surface area contributed by atoms with Gasteiger partial charge in [0.1, 0.15) is 10.4 Å². The highest BCUT2D eigenvalue weighted by molar-refractivity contribution is 7.89. The van der Waals surface area contributed by atoms with Crippen molar-refractivity contribution in [2.45, 2.75) is 11.3 Å². The van der Waals surface area contributed by atoms with E-state index in [0.717, 1.165) is 5.56 Å². The van der Waals surface area contributed by atoms with E-state index >= 15 is 0 Å². The van der Waals surface area contributed by atoms with Gasteiger partial charge in [-0.2, -0.15) is 0 Å². The Hall–Kier alpha value is -2.78. The second-order valence-electron chi connectivity index (χ2n) is 5.30. The van der Waals surface area contributed by atoms with Crippen LogP contribution in [0.1, 0.15) is 5.56 Å². The predicted octanol–water partition coefficient (Wildman–Crippen LogP) is 0.860. The lowest BCUT2D eigenvalue weighted by Crippen LogP contribution is -2.37. The number of nitrogens with zero attached hydrogens (tertiary/aromatic N) is 2. The summed E-state index contributed by atoms with van der Waals surface area (Å²) in [7, 11) is -3.90. The van der Waals surface area contributed by atoms with E-state index in [4.69, 9.17) is 0 Å². The molecule has 9 heteroatoms. The first-order valence-corrected chi connectivity index (χ1v) is 9.06. The molecular formula is C16H16N4O4S. The maximum Gasteiger partial charge on any atom is 0.243 e. The van der Waals surface area contributed by atoms with Crippen LogP contribution in [0.2, 0.25) is 0 Å². The molecule has 0 saturated heterocycles. The van der Waals surface area contributed by atoms with Crippen LogP contribution in [0.25, 0.3) is 11.0 Å². The fraction of sp³-hybridized carbons (Fsp3) is 0.188. The van der Waals surface area contributed by atoms with Crippen molar-refractivity contribution < 1.29 is 17.8 Å². The quantitative estimate of drug-likeness (QED) is 0.646. The molecule has 130 valence electrons. The molecule has 0 spiro atoms. The van der Waals surface area contributed by atoms with E-state index in [0.29, 0.717) is 18.5 Å². The van der Waals surface area contributed by atoms with Gasteiger partial charge in [-0.1, -0.05) is 36.4 Å². The lowest BCUT2D eigenvalue weighted by Gasteiger charge is -2.08. The third-order valence-electron chi connectivity index (χ3n) is 3.54. The summed E-state index contributed by atoms with van der Waals surface area (Å²) < 4.78 is 31.5. The molecule has 25 heavy (non-hydrogen) atoms. The Balaban J connectivity index is 1.55. The van der Waals surface area contributed by atoms with Crippen LogP contribution >= 0.6 is 0 Å². The Bertz CT molecular complexity index is 970. The molecule has 0 saturated carbocycles. The number of hydrogen-bond donors (Lipinski definition) is 2. The third kappa shape index (κ3) is 4.20. The van der Waals surface area contributed by atoms with Gasteiger partial charge in [0.05, 0.1) is 6.54 Å². The Morgan fingerprint density at radius 1 is 1.04 bits per heavy atom. The van der Waals surface area contributed by atoms with Crippen LogP contribution in [0.4, 0.5) is 0 Å². The lowest BCUT2D eigenvalue weighted by atomic mass is 10.1. The second kappa shape index (κ2) is 7.41. The van der Waals surface area contributed by atoms with Gasteiger partial charge in [-0.3, -0.25) is 4.79 Å². The van der Waals surface area contributed by atoms with E-state index in [-0.39, 0.29) is 17.0 Å². The molecular weight excluding hydrogens is 344 g/mol. The standard InChI is InChI=1S/C16H16N4O4S/c21-15(17-10-9-12-5-2-1-3-6-12)11-18-25(22,23)14-8-4-7-13-16(14)20-24-19-13/h1-8,18H,9-11H2,(H,17,21). The number of fused-ring (bicyclic) bond motifs is 1. The van der Waals surface area contributed by atoms with Gasteiger partial charge in [0.2, 0.25) is 15.9 Å². The summed E-state index contributed by atoms with van der Waals surface area (Å²) in [6, 6.07) is 14.2. The first kappa shape index (κ1) is 17.1. The number of nitrogens with one attached hydrogen (secondary N) is 2. The van der Waals surface area contributed by atoms with E-state index in [1.54, 1.807) is 6.07 Å². The molecule has 2 aromatic carbocycles. The number of sulfonamides is 1. The number of aromatic nitrogens is 2. The zero-order chi connectivity index (χ0) is 17.7. The molecule has 1 amide bonds. The average molecular weight is 360 g/mol. The minimum Gasteiger partial charge on any atom is -0.355 e. The van der Waals surface area contributed by atoms with E-state index in [1.807, 2.05) is 30.3 Å². The van der Waals surface area contributed by atoms with E-state index < -0.39 is 15.9 Å². The highest BCUT2D eigenvalue weighted by atomic mass is 32.2. The van der Waals surface area contributed by atoms with Crippen molar-refractivity contribution >= 4 is 27.0 Å². The smallest absolute Gasteiger partial charge is 0.243 e. The summed E-state index contributed by atoms with van der Waals surface area (Å²) >= 11 is 0. The van der Waals surface area contributed by atoms with Crippen LogP contribution in [0, 0.1) is 0 Å². The van der Waals surface area contributed by atoms with Crippen LogP contribution < -0.4 is 10.0 Å². The van der Waals surface area contributed by atoms with E-state index in [2.05, 4.69) is 25.0 Å². The largest absolute Gasteiger partial charge is 0.355 e. The van der Waals surface area contributed by atoms with Crippen LogP contribution in [0.3, 0.4) is 0 Å². The van der Waals surface area contributed by atoms with Crippen LogP contribution in [0.15, 0.2) is 58.1 Å². The van der Waals surface area contributed by atoms with Gasteiger partial charge in [0, 0.05) is 6.54 Å². The highest BCUT2D eigenvalue weighted by Gasteiger charge is 2.20. The zero-order valence-electron chi connectivity index (χ0n) is 13.2. The molecule has 0 unspecified atom stereocenters. The van der Waals surface area contributed by atoms with Crippen molar-refractivity contribution in [3.05, 3.63) is 54.1 Å². The predicted molar refractivity (Wildman–Crippen MR) is 90.1 cm³/mol. The molecule has 8 nitrogen and oxygen atoms in total. The number of carbonyl (C=O) groups excluding carboxylic acids is 1. The topological polar surface area (TPSA) is 114 Å². The van der Waals surface area contributed by atoms with Crippen molar-refractivity contribution in [2.75, 3.05) is 13.1 Å². The molecule has 0 atom stereocenters. The average Bonchev–Trinajstić information content (AvgIpc) is 3.09. The monoisotopic (exact) mass is 360 g/mol. The Kier molecular flexibility index (Phi) is 5.05. The first-order chi connectivity index (χ1) is 12.1. The van der Waals surface area contributed by atoms with Crippen molar-refractivity contribution in [2.24, 2.45) is 0 Å². The maximum absolute atomic E-state index is 12.3. The van der Waals surface area contributed by atoms with Gasteiger partial charge in [0.25, 0.3) is 0 Å². The van der Waals surface area contributed by atoms with Gasteiger partial charge in [-0.25, -0.2) is 17.8 Å². The molecule has 1 heterocycles. The summed E-state index contributed by atoms with van der Waals surface area (Å²) in [5.41, 5.74) is 1.54. The summed E-state index contributed by atoms with van der Waals surface area (Å²) in [6.45, 7) is 0.0617. The summed E-state index contributed by atoms with van der Waals surface area (Å²) in [6.07, 6.45) is 0.670. The fourth-order valence-corrected chi connectivity index (χ4v) is 3.42. The van der Waals surface area contributed by atoms with E-state index in [9.17, 15) is 13.2 Å². The van der Waals surface area contributed by atoms with Gasteiger partial charge in [0.15, 0.2) is 5.52 Å². The molecule has 0 radical (unpaired) electrons.